The Morgan fingerprint density at radius 3 is 2.45 bits per heavy atom. The zero-order valence-electron chi connectivity index (χ0n) is 11.6. The van der Waals surface area contributed by atoms with Crippen LogP contribution in [-0.4, -0.2) is 11.8 Å². The first-order valence-electron chi connectivity index (χ1n) is 6.53. The first-order chi connectivity index (χ1) is 9.51. The molecular weight excluding hydrogens is 252 g/mol. The van der Waals surface area contributed by atoms with Crippen LogP contribution in [0, 0.1) is 5.41 Å². The molecule has 1 aromatic rings. The van der Waals surface area contributed by atoms with Crippen LogP contribution in [0.1, 0.15) is 30.6 Å². The van der Waals surface area contributed by atoms with E-state index < -0.39 is 5.41 Å². The average Bonchev–Trinajstić information content (AvgIpc) is 2.48. The first kappa shape index (κ1) is 14.1. The lowest BCUT2D eigenvalue weighted by Gasteiger charge is -2.26. The topological polar surface area (TPSA) is 58.2 Å². The lowest BCUT2D eigenvalue weighted by atomic mass is 9.81. The van der Waals surface area contributed by atoms with E-state index in [2.05, 4.69) is 10.9 Å². The fourth-order valence-electron chi connectivity index (χ4n) is 1.91. The predicted molar refractivity (Wildman–Crippen MR) is 77.7 cm³/mol. The molecule has 4 heteroatoms. The third kappa shape index (κ3) is 3.15. The van der Waals surface area contributed by atoms with E-state index in [1.165, 1.54) is 0 Å². The van der Waals surface area contributed by atoms with Gasteiger partial charge in [0.1, 0.15) is 0 Å². The lowest BCUT2D eigenvalue weighted by molar-refractivity contribution is -0.128. The Hall–Kier alpha value is -2.36. The largest absolute Gasteiger partial charge is 0.272 e. The van der Waals surface area contributed by atoms with Gasteiger partial charge in [0, 0.05) is 5.56 Å². The molecule has 1 aliphatic rings. The SMILES string of the molecule is CC1=CCC(C)(C(=O)NNC(=O)c2ccccc2)C=C1. The molecule has 0 heterocycles. The molecule has 2 N–H and O–H groups in total. The van der Waals surface area contributed by atoms with Gasteiger partial charge >= 0.3 is 0 Å². The summed E-state index contributed by atoms with van der Waals surface area (Å²) in [6.07, 6.45) is 6.43. The highest BCUT2D eigenvalue weighted by Gasteiger charge is 2.31. The second kappa shape index (κ2) is 5.74. The van der Waals surface area contributed by atoms with Crippen molar-refractivity contribution in [2.75, 3.05) is 0 Å². The number of rotatable bonds is 2. The summed E-state index contributed by atoms with van der Waals surface area (Å²) >= 11 is 0. The summed E-state index contributed by atoms with van der Waals surface area (Å²) in [6, 6.07) is 8.76. The van der Waals surface area contributed by atoms with E-state index in [9.17, 15) is 9.59 Å². The van der Waals surface area contributed by atoms with E-state index >= 15 is 0 Å². The molecule has 0 fully saturated rings. The number of amides is 2. The zero-order chi connectivity index (χ0) is 14.6. The van der Waals surface area contributed by atoms with Crippen molar-refractivity contribution in [3.63, 3.8) is 0 Å². The molecule has 1 unspecified atom stereocenters. The van der Waals surface area contributed by atoms with Gasteiger partial charge in [0.25, 0.3) is 5.91 Å². The molecule has 0 saturated carbocycles. The minimum absolute atomic E-state index is 0.221. The smallest absolute Gasteiger partial charge is 0.269 e. The van der Waals surface area contributed by atoms with Gasteiger partial charge in [0.15, 0.2) is 0 Å². The molecule has 2 amide bonds. The third-order valence-corrected chi connectivity index (χ3v) is 3.41. The average molecular weight is 270 g/mol. The number of hydrogen-bond acceptors (Lipinski definition) is 2. The quantitative estimate of drug-likeness (QED) is 0.810. The van der Waals surface area contributed by atoms with E-state index in [1.54, 1.807) is 24.3 Å². The van der Waals surface area contributed by atoms with Gasteiger partial charge in [-0.2, -0.15) is 0 Å². The van der Waals surface area contributed by atoms with Crippen LogP contribution < -0.4 is 10.9 Å². The molecule has 0 bridgehead atoms. The van der Waals surface area contributed by atoms with E-state index in [0.717, 1.165) is 5.57 Å². The number of hydrazine groups is 1. The maximum absolute atomic E-state index is 12.2. The maximum atomic E-state index is 12.2. The second-order valence-corrected chi connectivity index (χ2v) is 5.18. The molecule has 0 aromatic heterocycles. The van der Waals surface area contributed by atoms with Crippen molar-refractivity contribution in [2.24, 2.45) is 5.41 Å². The van der Waals surface area contributed by atoms with Crippen molar-refractivity contribution in [3.8, 4) is 0 Å². The Labute approximate surface area is 118 Å². The third-order valence-electron chi connectivity index (χ3n) is 3.41. The molecule has 1 aliphatic carbocycles. The zero-order valence-corrected chi connectivity index (χ0v) is 11.6. The number of allylic oxidation sites excluding steroid dienone is 3. The molecule has 104 valence electrons. The van der Waals surface area contributed by atoms with Crippen molar-refractivity contribution in [3.05, 3.63) is 59.7 Å². The molecule has 1 aromatic carbocycles. The maximum Gasteiger partial charge on any atom is 0.269 e. The van der Waals surface area contributed by atoms with Crippen LogP contribution in [0.4, 0.5) is 0 Å². The van der Waals surface area contributed by atoms with Gasteiger partial charge in [-0.05, 0) is 32.4 Å². The highest BCUT2D eigenvalue weighted by Crippen LogP contribution is 2.29. The number of nitrogens with one attached hydrogen (secondary N) is 2. The standard InChI is InChI=1S/C16H18N2O2/c1-12-8-10-16(2,11-9-12)15(20)18-17-14(19)13-6-4-3-5-7-13/h3-10H,11H2,1-2H3,(H,17,19)(H,18,20). The number of benzene rings is 1. The van der Waals surface area contributed by atoms with Crippen molar-refractivity contribution in [1.82, 2.24) is 10.9 Å². The summed E-state index contributed by atoms with van der Waals surface area (Å²) in [7, 11) is 0. The monoisotopic (exact) mass is 270 g/mol. The highest BCUT2D eigenvalue weighted by molar-refractivity contribution is 5.96. The normalized spacial score (nSPS) is 21.0. The summed E-state index contributed by atoms with van der Waals surface area (Å²) < 4.78 is 0. The number of carbonyl (C=O) groups excluding carboxylic acids is 2. The van der Waals surface area contributed by atoms with Crippen LogP contribution in [0.3, 0.4) is 0 Å². The van der Waals surface area contributed by atoms with Crippen molar-refractivity contribution in [1.29, 1.82) is 0 Å². The molecule has 20 heavy (non-hydrogen) atoms. The summed E-state index contributed by atoms with van der Waals surface area (Å²) in [5.74, 6) is -0.546. The highest BCUT2D eigenvalue weighted by atomic mass is 16.2. The molecule has 4 nitrogen and oxygen atoms in total. The van der Waals surface area contributed by atoms with Crippen molar-refractivity contribution >= 4 is 11.8 Å². The van der Waals surface area contributed by atoms with Gasteiger partial charge in [-0.3, -0.25) is 20.4 Å². The van der Waals surface area contributed by atoms with Crippen molar-refractivity contribution < 1.29 is 9.59 Å². The van der Waals surface area contributed by atoms with Crippen LogP contribution in [0.15, 0.2) is 54.1 Å². The van der Waals surface area contributed by atoms with Gasteiger partial charge in [-0.25, -0.2) is 0 Å². The van der Waals surface area contributed by atoms with E-state index in [0.29, 0.717) is 12.0 Å². The Balaban J connectivity index is 1.93. The van der Waals surface area contributed by atoms with Crippen LogP contribution >= 0.6 is 0 Å². The Morgan fingerprint density at radius 1 is 1.15 bits per heavy atom. The second-order valence-electron chi connectivity index (χ2n) is 5.18. The molecular formula is C16H18N2O2. The van der Waals surface area contributed by atoms with Crippen molar-refractivity contribution in [2.45, 2.75) is 20.3 Å². The molecule has 2 rings (SSSR count). The van der Waals surface area contributed by atoms with E-state index in [-0.39, 0.29) is 11.8 Å². The molecule has 0 radical (unpaired) electrons. The summed E-state index contributed by atoms with van der Waals surface area (Å²) in [6.45, 7) is 3.83. The fraction of sp³-hybridized carbons (Fsp3) is 0.250. The van der Waals surface area contributed by atoms with Crippen LogP contribution in [-0.2, 0) is 4.79 Å². The van der Waals surface area contributed by atoms with Crippen LogP contribution in [0.5, 0.6) is 0 Å². The summed E-state index contributed by atoms with van der Waals surface area (Å²) in [5.41, 5.74) is 5.95. The van der Waals surface area contributed by atoms with Gasteiger partial charge in [0.2, 0.25) is 5.91 Å². The molecule has 0 aliphatic heterocycles. The Kier molecular flexibility index (Phi) is 4.03. The van der Waals surface area contributed by atoms with Gasteiger partial charge in [-0.1, -0.05) is 42.0 Å². The van der Waals surface area contributed by atoms with E-state index in [4.69, 9.17) is 0 Å². The van der Waals surface area contributed by atoms with Gasteiger partial charge in [0.05, 0.1) is 5.41 Å². The van der Waals surface area contributed by atoms with Crippen LogP contribution in [0.25, 0.3) is 0 Å². The Morgan fingerprint density at radius 2 is 1.85 bits per heavy atom. The number of carbonyl (C=O) groups is 2. The number of hydrogen-bond donors (Lipinski definition) is 2. The molecule has 0 spiro atoms. The minimum atomic E-state index is -0.622. The Bertz CT molecular complexity index is 575. The summed E-state index contributed by atoms with van der Waals surface area (Å²) in [4.78, 5) is 24.0. The van der Waals surface area contributed by atoms with E-state index in [1.807, 2.05) is 38.1 Å². The van der Waals surface area contributed by atoms with Gasteiger partial charge < -0.3 is 0 Å². The predicted octanol–water partition coefficient (Wildman–Crippen LogP) is 2.36. The molecule has 1 atom stereocenters. The fourth-order valence-corrected chi connectivity index (χ4v) is 1.91. The minimum Gasteiger partial charge on any atom is -0.272 e. The lowest BCUT2D eigenvalue weighted by Crippen LogP contribution is -2.48. The summed E-state index contributed by atoms with van der Waals surface area (Å²) in [5, 5.41) is 0. The van der Waals surface area contributed by atoms with Crippen LogP contribution in [0.2, 0.25) is 0 Å². The first-order valence-corrected chi connectivity index (χ1v) is 6.53. The molecule has 0 saturated heterocycles. The van der Waals surface area contributed by atoms with Gasteiger partial charge in [-0.15, -0.1) is 0 Å².